The van der Waals surface area contributed by atoms with Gasteiger partial charge >= 0.3 is 5.97 Å². The Labute approximate surface area is 103 Å². The quantitative estimate of drug-likeness (QED) is 0.862. The lowest BCUT2D eigenvalue weighted by Gasteiger charge is -2.27. The molecule has 2 heteroatoms. The molecule has 92 valence electrons. The Morgan fingerprint density at radius 2 is 2.12 bits per heavy atom. The molecule has 0 aliphatic heterocycles. The second-order valence-corrected chi connectivity index (χ2v) is 5.58. The van der Waals surface area contributed by atoms with Crippen LogP contribution >= 0.6 is 0 Å². The van der Waals surface area contributed by atoms with E-state index in [9.17, 15) is 4.79 Å². The van der Waals surface area contributed by atoms with Gasteiger partial charge in [0.2, 0.25) is 0 Å². The summed E-state index contributed by atoms with van der Waals surface area (Å²) in [6.07, 6.45) is 4.49. The third-order valence-corrected chi connectivity index (χ3v) is 3.90. The maximum atomic E-state index is 11.1. The van der Waals surface area contributed by atoms with E-state index in [2.05, 4.69) is 19.1 Å². The van der Waals surface area contributed by atoms with E-state index in [0.29, 0.717) is 12.3 Å². The smallest absolute Gasteiger partial charge is 0.303 e. The number of carboxylic acid groups (broad SMARTS) is 1. The van der Waals surface area contributed by atoms with Gasteiger partial charge in [-0.2, -0.15) is 0 Å². The Hall–Kier alpha value is -1.31. The molecule has 17 heavy (non-hydrogen) atoms. The zero-order valence-corrected chi connectivity index (χ0v) is 10.4. The molecule has 1 fully saturated rings. The molecule has 1 aromatic rings. The Kier molecular flexibility index (Phi) is 3.51. The van der Waals surface area contributed by atoms with Crippen LogP contribution in [-0.4, -0.2) is 11.1 Å². The Morgan fingerprint density at radius 3 is 2.65 bits per heavy atom. The summed E-state index contributed by atoms with van der Waals surface area (Å²) >= 11 is 0. The van der Waals surface area contributed by atoms with Crippen LogP contribution in [0.1, 0.15) is 38.2 Å². The maximum Gasteiger partial charge on any atom is 0.303 e. The van der Waals surface area contributed by atoms with Crippen molar-refractivity contribution in [3.63, 3.8) is 0 Å². The molecular formula is C15H20O2. The fraction of sp³-hybridized carbons (Fsp3) is 0.533. The zero-order chi connectivity index (χ0) is 12.3. The van der Waals surface area contributed by atoms with Crippen molar-refractivity contribution in [3.8, 4) is 0 Å². The van der Waals surface area contributed by atoms with E-state index in [1.54, 1.807) is 0 Å². The topological polar surface area (TPSA) is 37.3 Å². The van der Waals surface area contributed by atoms with Crippen molar-refractivity contribution < 1.29 is 9.90 Å². The van der Waals surface area contributed by atoms with Crippen LogP contribution in [-0.2, 0) is 11.2 Å². The summed E-state index contributed by atoms with van der Waals surface area (Å²) in [6.45, 7) is 2.23. The molecule has 2 nitrogen and oxygen atoms in total. The van der Waals surface area contributed by atoms with E-state index in [-0.39, 0.29) is 5.41 Å². The van der Waals surface area contributed by atoms with Gasteiger partial charge in [0.25, 0.3) is 0 Å². The van der Waals surface area contributed by atoms with Gasteiger partial charge in [-0.25, -0.2) is 0 Å². The summed E-state index contributed by atoms with van der Waals surface area (Å²) in [5, 5.41) is 9.10. The van der Waals surface area contributed by atoms with Gasteiger partial charge in [0.1, 0.15) is 0 Å². The molecule has 1 N–H and O–H groups in total. The summed E-state index contributed by atoms with van der Waals surface area (Å²) < 4.78 is 0. The first kappa shape index (κ1) is 12.2. The lowest BCUT2D eigenvalue weighted by molar-refractivity contribution is -0.139. The van der Waals surface area contributed by atoms with E-state index in [1.807, 2.05) is 18.2 Å². The first-order valence-corrected chi connectivity index (χ1v) is 6.35. The highest BCUT2D eigenvalue weighted by Gasteiger charge is 2.39. The van der Waals surface area contributed by atoms with Crippen molar-refractivity contribution in [2.24, 2.45) is 11.3 Å². The van der Waals surface area contributed by atoms with Crippen LogP contribution in [0.2, 0.25) is 0 Å². The molecule has 0 bridgehead atoms. The van der Waals surface area contributed by atoms with E-state index < -0.39 is 5.97 Å². The van der Waals surface area contributed by atoms with E-state index in [1.165, 1.54) is 12.0 Å². The van der Waals surface area contributed by atoms with Crippen LogP contribution in [0.3, 0.4) is 0 Å². The van der Waals surface area contributed by atoms with Crippen LogP contribution in [0.4, 0.5) is 0 Å². The maximum absolute atomic E-state index is 11.1. The largest absolute Gasteiger partial charge is 0.481 e. The summed E-state index contributed by atoms with van der Waals surface area (Å²) in [5.41, 5.74) is 1.26. The molecule has 1 aliphatic rings. The fourth-order valence-electron chi connectivity index (χ4n) is 3.23. The minimum absolute atomic E-state index is 0.00734. The minimum atomic E-state index is -0.657. The second-order valence-electron chi connectivity index (χ2n) is 5.58. The lowest BCUT2D eigenvalue weighted by Crippen LogP contribution is -2.24. The molecule has 2 rings (SSSR count). The van der Waals surface area contributed by atoms with Gasteiger partial charge < -0.3 is 5.11 Å². The summed E-state index contributed by atoms with van der Waals surface area (Å²) in [6, 6.07) is 10.3. The number of hydrogen-bond donors (Lipinski definition) is 1. The Bertz CT molecular complexity index is 385. The standard InChI is InChI=1S/C15H20O2/c1-12-7-8-15(9-12,11-14(16)17)10-13-5-3-2-4-6-13/h2-6,12H,7-11H2,1H3,(H,16,17)/t12?,15-/m1/s1. The highest BCUT2D eigenvalue weighted by Crippen LogP contribution is 2.46. The molecule has 1 unspecified atom stereocenters. The fourth-order valence-corrected chi connectivity index (χ4v) is 3.23. The van der Waals surface area contributed by atoms with Gasteiger partial charge in [0, 0.05) is 0 Å². The van der Waals surface area contributed by atoms with Gasteiger partial charge in [-0.15, -0.1) is 0 Å². The number of carbonyl (C=O) groups is 1. The van der Waals surface area contributed by atoms with Crippen molar-refractivity contribution in [1.82, 2.24) is 0 Å². The molecule has 0 amide bonds. The monoisotopic (exact) mass is 232 g/mol. The summed E-state index contributed by atoms with van der Waals surface area (Å²) in [4.78, 5) is 11.1. The molecule has 2 atom stereocenters. The third-order valence-electron chi connectivity index (χ3n) is 3.90. The van der Waals surface area contributed by atoms with Gasteiger partial charge in [0.05, 0.1) is 6.42 Å². The molecule has 1 aliphatic carbocycles. The molecular weight excluding hydrogens is 212 g/mol. The van der Waals surface area contributed by atoms with Gasteiger partial charge in [-0.1, -0.05) is 43.7 Å². The van der Waals surface area contributed by atoms with E-state index >= 15 is 0 Å². The minimum Gasteiger partial charge on any atom is -0.481 e. The van der Waals surface area contributed by atoms with Crippen LogP contribution in [0, 0.1) is 11.3 Å². The summed E-state index contributed by atoms with van der Waals surface area (Å²) in [5.74, 6) is 0.00749. The van der Waals surface area contributed by atoms with E-state index in [0.717, 1.165) is 19.3 Å². The normalized spacial score (nSPS) is 28.2. The highest BCUT2D eigenvalue weighted by atomic mass is 16.4. The molecule has 1 aromatic carbocycles. The average Bonchev–Trinajstić information content (AvgIpc) is 2.60. The van der Waals surface area contributed by atoms with Crippen molar-refractivity contribution in [1.29, 1.82) is 0 Å². The molecule has 0 heterocycles. The number of benzene rings is 1. The number of carboxylic acids is 1. The molecule has 0 spiro atoms. The predicted molar refractivity (Wildman–Crippen MR) is 67.8 cm³/mol. The number of rotatable bonds is 4. The van der Waals surface area contributed by atoms with Crippen LogP contribution in [0.25, 0.3) is 0 Å². The number of hydrogen-bond acceptors (Lipinski definition) is 1. The molecule has 0 radical (unpaired) electrons. The van der Waals surface area contributed by atoms with Crippen molar-refractivity contribution in [2.75, 3.05) is 0 Å². The second kappa shape index (κ2) is 4.91. The first-order chi connectivity index (χ1) is 8.10. The Morgan fingerprint density at radius 1 is 1.41 bits per heavy atom. The van der Waals surface area contributed by atoms with Crippen LogP contribution in [0.15, 0.2) is 30.3 Å². The Balaban J connectivity index is 2.14. The predicted octanol–water partition coefficient (Wildman–Crippen LogP) is 3.51. The first-order valence-electron chi connectivity index (χ1n) is 6.35. The van der Waals surface area contributed by atoms with Crippen molar-refractivity contribution in [3.05, 3.63) is 35.9 Å². The van der Waals surface area contributed by atoms with Crippen LogP contribution in [0.5, 0.6) is 0 Å². The summed E-state index contributed by atoms with van der Waals surface area (Å²) in [7, 11) is 0. The highest BCUT2D eigenvalue weighted by molar-refractivity contribution is 5.67. The van der Waals surface area contributed by atoms with Gasteiger partial charge in [-0.3, -0.25) is 4.79 Å². The SMILES string of the molecule is CC1CC[C@](CC(=O)O)(Cc2ccccc2)C1. The zero-order valence-electron chi connectivity index (χ0n) is 10.4. The lowest BCUT2D eigenvalue weighted by atomic mass is 9.76. The van der Waals surface area contributed by atoms with Crippen molar-refractivity contribution >= 4 is 5.97 Å². The van der Waals surface area contributed by atoms with Crippen molar-refractivity contribution in [2.45, 2.75) is 39.0 Å². The van der Waals surface area contributed by atoms with Gasteiger partial charge in [-0.05, 0) is 36.2 Å². The molecule has 0 aromatic heterocycles. The third kappa shape index (κ3) is 3.09. The van der Waals surface area contributed by atoms with E-state index in [4.69, 9.17) is 5.11 Å². The molecule has 0 saturated heterocycles. The number of aliphatic carboxylic acids is 1. The van der Waals surface area contributed by atoms with Crippen LogP contribution < -0.4 is 0 Å². The van der Waals surface area contributed by atoms with Gasteiger partial charge in [0.15, 0.2) is 0 Å². The molecule has 1 saturated carbocycles. The average molecular weight is 232 g/mol.